The van der Waals surface area contributed by atoms with Crippen LogP contribution in [0.3, 0.4) is 0 Å². The van der Waals surface area contributed by atoms with Crippen LogP contribution in [-0.2, 0) is 11.3 Å². The minimum absolute atomic E-state index is 0.00312. The summed E-state index contributed by atoms with van der Waals surface area (Å²) in [7, 11) is 0. The van der Waals surface area contributed by atoms with Crippen molar-refractivity contribution >= 4 is 28.2 Å². The van der Waals surface area contributed by atoms with Gasteiger partial charge in [0.15, 0.2) is 0 Å². The molecule has 8 nitrogen and oxygen atoms in total. The Labute approximate surface area is 195 Å². The molecule has 11 heteroatoms. The summed E-state index contributed by atoms with van der Waals surface area (Å²) in [6, 6.07) is 8.37. The van der Waals surface area contributed by atoms with Crippen molar-refractivity contribution in [2.45, 2.75) is 25.5 Å². The monoisotopic (exact) mass is 483 g/mol. The molecule has 1 unspecified atom stereocenters. The van der Waals surface area contributed by atoms with Crippen LogP contribution in [0.25, 0.3) is 39.5 Å². The third kappa shape index (κ3) is 3.29. The lowest BCUT2D eigenvalue weighted by molar-refractivity contribution is 0.0973. The minimum Gasteiger partial charge on any atom is -0.376 e. The molecule has 4 heterocycles. The van der Waals surface area contributed by atoms with E-state index in [2.05, 4.69) is 15.1 Å². The number of nitrogens with zero attached hydrogens (tertiary/aromatic N) is 5. The van der Waals surface area contributed by atoms with E-state index in [0.717, 1.165) is 25.0 Å². The SMILES string of the molecule is O=c1c2c(-c3noc(-c4ccc(F)cc4F)n3)ncn2c2cccc(Cl)c2n1CC1CCCO1. The summed E-state index contributed by atoms with van der Waals surface area (Å²) < 4.78 is 41.7. The molecule has 0 bridgehead atoms. The van der Waals surface area contributed by atoms with Gasteiger partial charge in [0.25, 0.3) is 11.4 Å². The van der Waals surface area contributed by atoms with E-state index in [1.54, 1.807) is 21.1 Å². The third-order valence-electron chi connectivity index (χ3n) is 5.92. The normalized spacial score (nSPS) is 16.1. The Morgan fingerprint density at radius 3 is 2.85 bits per heavy atom. The van der Waals surface area contributed by atoms with Crippen LogP contribution in [0, 0.1) is 11.6 Å². The van der Waals surface area contributed by atoms with Crippen LogP contribution >= 0.6 is 11.6 Å². The van der Waals surface area contributed by atoms with Gasteiger partial charge in [-0.3, -0.25) is 9.20 Å². The molecule has 5 aromatic rings. The van der Waals surface area contributed by atoms with Crippen molar-refractivity contribution in [2.75, 3.05) is 6.61 Å². The van der Waals surface area contributed by atoms with Crippen molar-refractivity contribution in [1.82, 2.24) is 24.1 Å². The van der Waals surface area contributed by atoms with E-state index in [1.807, 2.05) is 6.07 Å². The first kappa shape index (κ1) is 20.9. The summed E-state index contributed by atoms with van der Waals surface area (Å²) in [4.78, 5) is 22.3. The van der Waals surface area contributed by atoms with Crippen LogP contribution in [0.15, 0.2) is 52.0 Å². The Morgan fingerprint density at radius 1 is 1.18 bits per heavy atom. The number of para-hydroxylation sites is 1. The Morgan fingerprint density at radius 2 is 2.06 bits per heavy atom. The number of fused-ring (bicyclic) bond motifs is 3. The molecule has 1 atom stereocenters. The molecule has 3 aromatic heterocycles. The van der Waals surface area contributed by atoms with Gasteiger partial charge in [-0.1, -0.05) is 22.8 Å². The van der Waals surface area contributed by atoms with E-state index in [1.165, 1.54) is 12.4 Å². The molecule has 2 aromatic carbocycles. The number of ether oxygens (including phenoxy) is 1. The van der Waals surface area contributed by atoms with Gasteiger partial charge in [0.1, 0.15) is 29.2 Å². The van der Waals surface area contributed by atoms with E-state index in [9.17, 15) is 13.6 Å². The van der Waals surface area contributed by atoms with Gasteiger partial charge >= 0.3 is 0 Å². The number of benzene rings is 2. The smallest absolute Gasteiger partial charge is 0.277 e. The zero-order valence-corrected chi connectivity index (χ0v) is 18.3. The highest BCUT2D eigenvalue weighted by Gasteiger charge is 2.25. The fraction of sp³-hybridized carbons (Fsp3) is 0.217. The molecule has 6 rings (SSSR count). The van der Waals surface area contributed by atoms with Crippen molar-refractivity contribution in [3.8, 4) is 23.0 Å². The Hall–Kier alpha value is -3.63. The summed E-state index contributed by atoms with van der Waals surface area (Å²) in [5.41, 5.74) is 1.24. The molecule has 0 spiro atoms. The van der Waals surface area contributed by atoms with Crippen LogP contribution in [0.4, 0.5) is 8.78 Å². The number of rotatable bonds is 4. The van der Waals surface area contributed by atoms with Crippen LogP contribution in [0.2, 0.25) is 5.02 Å². The first-order valence-electron chi connectivity index (χ1n) is 10.6. The minimum atomic E-state index is -0.843. The van der Waals surface area contributed by atoms with Crippen LogP contribution < -0.4 is 5.56 Å². The molecule has 34 heavy (non-hydrogen) atoms. The molecular formula is C23H16ClF2N5O3. The lowest BCUT2D eigenvalue weighted by Crippen LogP contribution is -2.28. The number of imidazole rings is 1. The maximum atomic E-state index is 14.2. The lowest BCUT2D eigenvalue weighted by atomic mass is 10.2. The van der Waals surface area contributed by atoms with E-state index in [0.29, 0.717) is 29.2 Å². The quantitative estimate of drug-likeness (QED) is 0.374. The van der Waals surface area contributed by atoms with Crippen molar-refractivity contribution in [2.24, 2.45) is 0 Å². The Bertz CT molecular complexity index is 1620. The van der Waals surface area contributed by atoms with Gasteiger partial charge in [-0.05, 0) is 37.1 Å². The van der Waals surface area contributed by atoms with Crippen LogP contribution in [0.5, 0.6) is 0 Å². The second kappa shape index (κ2) is 8.00. The van der Waals surface area contributed by atoms with Crippen LogP contribution in [0.1, 0.15) is 12.8 Å². The maximum absolute atomic E-state index is 14.2. The Balaban J connectivity index is 1.55. The predicted octanol–water partition coefficient (Wildman–Crippen LogP) is 4.48. The average Bonchev–Trinajstić information content (AvgIpc) is 3.57. The molecule has 172 valence electrons. The zero-order valence-electron chi connectivity index (χ0n) is 17.5. The van der Waals surface area contributed by atoms with Gasteiger partial charge < -0.3 is 13.8 Å². The van der Waals surface area contributed by atoms with E-state index in [4.69, 9.17) is 20.9 Å². The van der Waals surface area contributed by atoms with E-state index in [-0.39, 0.29) is 40.2 Å². The fourth-order valence-corrected chi connectivity index (χ4v) is 4.62. The first-order valence-corrected chi connectivity index (χ1v) is 11.0. The average molecular weight is 484 g/mol. The second-order valence-electron chi connectivity index (χ2n) is 8.02. The number of halogens is 3. The van der Waals surface area contributed by atoms with Gasteiger partial charge in [0, 0.05) is 12.7 Å². The highest BCUT2D eigenvalue weighted by Crippen LogP contribution is 2.29. The second-order valence-corrected chi connectivity index (χ2v) is 8.42. The summed E-state index contributed by atoms with van der Waals surface area (Å²) >= 11 is 6.50. The summed E-state index contributed by atoms with van der Waals surface area (Å²) in [6.45, 7) is 0.981. The van der Waals surface area contributed by atoms with Crippen LogP contribution in [-0.4, -0.2) is 36.8 Å². The van der Waals surface area contributed by atoms with Gasteiger partial charge in [0.2, 0.25) is 5.82 Å². The number of aromatic nitrogens is 5. The third-order valence-corrected chi connectivity index (χ3v) is 6.22. The molecule has 0 saturated carbocycles. The molecule has 0 amide bonds. The number of hydrogen-bond acceptors (Lipinski definition) is 6. The summed E-state index contributed by atoms with van der Waals surface area (Å²) in [5.74, 6) is -1.72. The molecule has 0 radical (unpaired) electrons. The predicted molar refractivity (Wildman–Crippen MR) is 120 cm³/mol. The molecule has 1 aliphatic heterocycles. The van der Waals surface area contributed by atoms with Gasteiger partial charge in [0.05, 0.1) is 34.3 Å². The largest absolute Gasteiger partial charge is 0.376 e. The Kier molecular flexibility index (Phi) is 4.93. The molecule has 0 aliphatic carbocycles. The standard InChI is InChI=1S/C23H16ClF2N5O3/c24-15-4-1-5-17-19(15)30(10-13-3-2-8-33-13)23(32)20-18(27-11-31(17)20)21-28-22(34-29-21)14-7-6-12(25)9-16(14)26/h1,4-7,9,11,13H,2-3,8,10H2. The molecule has 1 saturated heterocycles. The molecular weight excluding hydrogens is 468 g/mol. The van der Waals surface area contributed by atoms with Gasteiger partial charge in [-0.25, -0.2) is 13.8 Å². The fourth-order valence-electron chi connectivity index (χ4n) is 4.35. The van der Waals surface area contributed by atoms with Crippen molar-refractivity contribution in [1.29, 1.82) is 0 Å². The summed E-state index contributed by atoms with van der Waals surface area (Å²) in [6.07, 6.45) is 3.14. The van der Waals surface area contributed by atoms with Crippen molar-refractivity contribution in [3.05, 3.63) is 69.7 Å². The first-order chi connectivity index (χ1) is 16.5. The van der Waals surface area contributed by atoms with E-state index < -0.39 is 11.6 Å². The highest BCUT2D eigenvalue weighted by molar-refractivity contribution is 6.35. The lowest BCUT2D eigenvalue weighted by Gasteiger charge is -2.16. The highest BCUT2D eigenvalue weighted by atomic mass is 35.5. The van der Waals surface area contributed by atoms with Crippen molar-refractivity contribution in [3.63, 3.8) is 0 Å². The van der Waals surface area contributed by atoms with Crippen molar-refractivity contribution < 1.29 is 18.0 Å². The molecule has 1 aliphatic rings. The summed E-state index contributed by atoms with van der Waals surface area (Å²) in [5, 5.41) is 4.33. The molecule has 0 N–H and O–H groups in total. The van der Waals surface area contributed by atoms with Gasteiger partial charge in [-0.15, -0.1) is 0 Å². The van der Waals surface area contributed by atoms with Gasteiger partial charge in [-0.2, -0.15) is 4.98 Å². The zero-order chi connectivity index (χ0) is 23.4. The molecule has 1 fully saturated rings. The van der Waals surface area contributed by atoms with E-state index >= 15 is 0 Å². The number of hydrogen-bond donors (Lipinski definition) is 0. The topological polar surface area (TPSA) is 87.5 Å². The maximum Gasteiger partial charge on any atom is 0.277 e.